The van der Waals surface area contributed by atoms with Gasteiger partial charge in [0.15, 0.2) is 0 Å². The van der Waals surface area contributed by atoms with Crippen LogP contribution in [0, 0.1) is 5.82 Å². The number of hydrogen-bond acceptors (Lipinski definition) is 4. The smallest absolute Gasteiger partial charge is 0.139 e. The lowest BCUT2D eigenvalue weighted by atomic mass is 10.0. The summed E-state index contributed by atoms with van der Waals surface area (Å²) in [6.07, 6.45) is 0. The molecule has 0 amide bonds. The van der Waals surface area contributed by atoms with Gasteiger partial charge in [-0.25, -0.2) is 4.39 Å². The van der Waals surface area contributed by atoms with Crippen LogP contribution in [0.4, 0.5) is 10.2 Å². The lowest BCUT2D eigenvalue weighted by molar-refractivity contribution is 0.418. The van der Waals surface area contributed by atoms with E-state index in [4.69, 9.17) is 10.5 Å². The molecule has 21 heavy (non-hydrogen) atoms. The number of aromatic nitrogens is 2. The van der Waals surface area contributed by atoms with Crippen LogP contribution in [0.2, 0.25) is 0 Å². The van der Waals surface area contributed by atoms with E-state index in [-0.39, 0.29) is 5.82 Å². The zero-order valence-corrected chi connectivity index (χ0v) is 12.4. The summed E-state index contributed by atoms with van der Waals surface area (Å²) in [7, 11) is 3.34. The van der Waals surface area contributed by atoms with Crippen molar-refractivity contribution in [1.29, 1.82) is 0 Å². The van der Waals surface area contributed by atoms with Gasteiger partial charge in [-0.05, 0) is 17.5 Å². The third-order valence-electron chi connectivity index (χ3n) is 3.30. The van der Waals surface area contributed by atoms with Crippen LogP contribution in [-0.4, -0.2) is 16.9 Å². The van der Waals surface area contributed by atoms with Crippen molar-refractivity contribution in [2.45, 2.75) is 0 Å². The summed E-state index contributed by atoms with van der Waals surface area (Å²) >= 11 is 1.49. The summed E-state index contributed by atoms with van der Waals surface area (Å²) in [5, 5.41) is 6.34. The number of anilines is 1. The molecule has 4 nitrogen and oxygen atoms in total. The molecule has 0 bridgehead atoms. The summed E-state index contributed by atoms with van der Waals surface area (Å²) < 4.78 is 21.0. The van der Waals surface area contributed by atoms with Crippen LogP contribution < -0.4 is 10.5 Å². The Morgan fingerprint density at radius 3 is 2.76 bits per heavy atom. The van der Waals surface area contributed by atoms with Crippen LogP contribution in [0.15, 0.2) is 35.7 Å². The number of ether oxygens (including phenoxy) is 1. The first-order valence-corrected chi connectivity index (χ1v) is 7.20. The zero-order chi connectivity index (χ0) is 15.0. The molecule has 0 unspecified atom stereocenters. The van der Waals surface area contributed by atoms with Crippen LogP contribution in [-0.2, 0) is 7.05 Å². The second-order valence-corrected chi connectivity index (χ2v) is 5.45. The molecule has 3 rings (SSSR count). The van der Waals surface area contributed by atoms with E-state index in [1.807, 2.05) is 11.4 Å². The molecule has 0 atom stereocenters. The third-order valence-corrected chi connectivity index (χ3v) is 4.20. The summed E-state index contributed by atoms with van der Waals surface area (Å²) in [6, 6.07) is 8.40. The highest BCUT2D eigenvalue weighted by Crippen LogP contribution is 2.43. The van der Waals surface area contributed by atoms with Crippen LogP contribution in [0.3, 0.4) is 0 Å². The van der Waals surface area contributed by atoms with E-state index in [0.29, 0.717) is 28.4 Å². The second-order valence-electron chi connectivity index (χ2n) is 4.53. The topological polar surface area (TPSA) is 53.1 Å². The molecule has 0 aliphatic heterocycles. The first kappa shape index (κ1) is 13.6. The SMILES string of the molecule is COc1ccsc1-c1nn(C)c(N)c1-c1ccccc1F. The van der Waals surface area contributed by atoms with Crippen molar-refractivity contribution in [2.24, 2.45) is 7.05 Å². The Bertz CT molecular complexity index is 794. The lowest BCUT2D eigenvalue weighted by Crippen LogP contribution is -1.98. The van der Waals surface area contributed by atoms with Gasteiger partial charge in [-0.3, -0.25) is 4.68 Å². The number of halogens is 1. The van der Waals surface area contributed by atoms with Crippen LogP contribution in [0.1, 0.15) is 0 Å². The third kappa shape index (κ3) is 2.17. The molecule has 3 aromatic rings. The highest BCUT2D eigenvalue weighted by molar-refractivity contribution is 7.14. The molecule has 0 aliphatic rings. The highest BCUT2D eigenvalue weighted by Gasteiger charge is 2.22. The number of aryl methyl sites for hydroxylation is 1. The van der Waals surface area contributed by atoms with Crippen LogP contribution in [0.5, 0.6) is 5.75 Å². The van der Waals surface area contributed by atoms with Crippen molar-refractivity contribution < 1.29 is 9.13 Å². The number of nitrogen functional groups attached to an aromatic ring is 1. The van der Waals surface area contributed by atoms with E-state index >= 15 is 0 Å². The first-order valence-electron chi connectivity index (χ1n) is 6.32. The highest BCUT2D eigenvalue weighted by atomic mass is 32.1. The maximum atomic E-state index is 14.1. The van der Waals surface area contributed by atoms with Gasteiger partial charge in [0.2, 0.25) is 0 Å². The molecule has 108 valence electrons. The van der Waals surface area contributed by atoms with Crippen molar-refractivity contribution in [3.8, 4) is 27.4 Å². The zero-order valence-electron chi connectivity index (χ0n) is 11.6. The molecule has 1 aromatic carbocycles. The van der Waals surface area contributed by atoms with Gasteiger partial charge < -0.3 is 10.5 Å². The number of methoxy groups -OCH3 is 1. The van der Waals surface area contributed by atoms with Crippen molar-refractivity contribution in [2.75, 3.05) is 12.8 Å². The van der Waals surface area contributed by atoms with E-state index in [9.17, 15) is 4.39 Å². The predicted molar refractivity (Wildman–Crippen MR) is 82.9 cm³/mol. The minimum Gasteiger partial charge on any atom is -0.495 e. The summed E-state index contributed by atoms with van der Waals surface area (Å²) in [5.41, 5.74) is 7.76. The number of thiophene rings is 1. The van der Waals surface area contributed by atoms with E-state index in [2.05, 4.69) is 5.10 Å². The number of nitrogens with two attached hydrogens (primary N) is 1. The van der Waals surface area contributed by atoms with Crippen molar-refractivity contribution in [1.82, 2.24) is 9.78 Å². The van der Waals surface area contributed by atoms with E-state index in [0.717, 1.165) is 4.88 Å². The van der Waals surface area contributed by atoms with E-state index in [1.54, 1.807) is 37.0 Å². The summed E-state index contributed by atoms with van der Waals surface area (Å²) in [5.74, 6) is 0.801. The van der Waals surface area contributed by atoms with Gasteiger partial charge in [0.25, 0.3) is 0 Å². The fourth-order valence-electron chi connectivity index (χ4n) is 2.26. The van der Waals surface area contributed by atoms with E-state index in [1.165, 1.54) is 17.4 Å². The summed E-state index contributed by atoms with van der Waals surface area (Å²) in [4.78, 5) is 0.836. The molecule has 0 spiro atoms. The Kier molecular flexibility index (Phi) is 3.39. The monoisotopic (exact) mass is 303 g/mol. The van der Waals surface area contributed by atoms with Gasteiger partial charge in [-0.1, -0.05) is 18.2 Å². The second kappa shape index (κ2) is 5.21. The molecule has 2 aromatic heterocycles. The molecular weight excluding hydrogens is 289 g/mol. The molecule has 6 heteroatoms. The van der Waals surface area contributed by atoms with Crippen molar-refractivity contribution >= 4 is 17.2 Å². The Morgan fingerprint density at radius 2 is 2.05 bits per heavy atom. The number of hydrogen-bond donors (Lipinski definition) is 1. The van der Waals surface area contributed by atoms with Gasteiger partial charge in [0, 0.05) is 12.6 Å². The van der Waals surface area contributed by atoms with Crippen molar-refractivity contribution in [3.63, 3.8) is 0 Å². The van der Waals surface area contributed by atoms with Crippen LogP contribution >= 0.6 is 11.3 Å². The number of nitrogens with zero attached hydrogens (tertiary/aromatic N) is 2. The van der Waals surface area contributed by atoms with Gasteiger partial charge in [-0.2, -0.15) is 5.10 Å². The fraction of sp³-hybridized carbons (Fsp3) is 0.133. The average molecular weight is 303 g/mol. The van der Waals surface area contributed by atoms with E-state index < -0.39 is 0 Å². The molecule has 0 saturated carbocycles. The standard InChI is InChI=1S/C15H14FN3OS/c1-19-15(17)12(9-5-3-4-6-10(9)16)13(18-19)14-11(20-2)7-8-21-14/h3-8H,17H2,1-2H3. The van der Waals surface area contributed by atoms with Crippen LogP contribution in [0.25, 0.3) is 21.7 Å². The Morgan fingerprint density at radius 1 is 1.29 bits per heavy atom. The van der Waals surface area contributed by atoms with Gasteiger partial charge in [0.1, 0.15) is 23.1 Å². The minimum absolute atomic E-state index is 0.325. The Hall–Kier alpha value is -2.34. The van der Waals surface area contributed by atoms with Gasteiger partial charge in [-0.15, -0.1) is 11.3 Å². The molecule has 2 N–H and O–H groups in total. The lowest BCUT2D eigenvalue weighted by Gasteiger charge is -2.06. The minimum atomic E-state index is -0.325. The molecule has 0 saturated heterocycles. The average Bonchev–Trinajstić information content (AvgIpc) is 3.05. The maximum Gasteiger partial charge on any atom is 0.139 e. The quantitative estimate of drug-likeness (QED) is 0.805. The first-order chi connectivity index (χ1) is 10.1. The maximum absolute atomic E-state index is 14.1. The molecular formula is C15H14FN3OS. The molecule has 0 fully saturated rings. The predicted octanol–water partition coefficient (Wildman–Crippen LogP) is 3.55. The van der Waals surface area contributed by atoms with Gasteiger partial charge >= 0.3 is 0 Å². The molecule has 2 heterocycles. The molecule has 0 radical (unpaired) electrons. The fourth-order valence-corrected chi connectivity index (χ4v) is 3.11. The molecule has 0 aliphatic carbocycles. The summed E-state index contributed by atoms with van der Waals surface area (Å²) in [6.45, 7) is 0. The normalized spacial score (nSPS) is 10.8. The largest absolute Gasteiger partial charge is 0.495 e. The van der Waals surface area contributed by atoms with Crippen molar-refractivity contribution in [3.05, 3.63) is 41.5 Å². The Labute approximate surface area is 125 Å². The number of rotatable bonds is 3. The number of benzene rings is 1. The van der Waals surface area contributed by atoms with Gasteiger partial charge in [0.05, 0.1) is 17.6 Å². The Balaban J connectivity index is 2.29.